The molecular formula is C12H7FNO4S-. The van der Waals surface area contributed by atoms with E-state index in [-0.39, 0.29) is 21.7 Å². The normalized spacial score (nSPS) is 12.1. The zero-order chi connectivity index (χ0) is 14.0. The maximum Gasteiger partial charge on any atom is 0.270 e. The molecule has 0 aromatic heterocycles. The molecule has 0 saturated carbocycles. The van der Waals surface area contributed by atoms with Crippen LogP contribution in [0.2, 0.25) is 0 Å². The third kappa shape index (κ3) is 2.83. The van der Waals surface area contributed by atoms with Crippen LogP contribution in [0.5, 0.6) is 0 Å². The van der Waals surface area contributed by atoms with Crippen molar-refractivity contribution < 1.29 is 18.1 Å². The van der Waals surface area contributed by atoms with E-state index in [0.29, 0.717) is 0 Å². The minimum absolute atomic E-state index is 0.0945. The maximum absolute atomic E-state index is 13.2. The zero-order valence-corrected chi connectivity index (χ0v) is 10.2. The van der Waals surface area contributed by atoms with Crippen LogP contribution in [0.3, 0.4) is 0 Å². The van der Waals surface area contributed by atoms with Gasteiger partial charge in [0.05, 0.1) is 4.92 Å². The first-order valence-electron chi connectivity index (χ1n) is 5.12. The van der Waals surface area contributed by atoms with Gasteiger partial charge in [-0.3, -0.25) is 14.3 Å². The molecule has 98 valence electrons. The molecule has 7 heteroatoms. The lowest BCUT2D eigenvalue weighted by molar-refractivity contribution is -0.384. The standard InChI is InChI=1S/C12H8FNO4S/c13-9-4-5-12(19(17)18)11(7-9)8-2-1-3-10(6-8)14(15)16/h1-7H,(H,17,18)/p-1. The number of hydrogen-bond acceptors (Lipinski definition) is 4. The molecule has 5 nitrogen and oxygen atoms in total. The van der Waals surface area contributed by atoms with Gasteiger partial charge >= 0.3 is 0 Å². The molecule has 0 aliphatic heterocycles. The van der Waals surface area contributed by atoms with Gasteiger partial charge in [-0.25, -0.2) is 4.39 Å². The number of nitrogens with zero attached hydrogens (tertiary/aromatic N) is 1. The van der Waals surface area contributed by atoms with E-state index in [9.17, 15) is 23.3 Å². The molecule has 2 rings (SSSR count). The Morgan fingerprint density at radius 3 is 2.53 bits per heavy atom. The van der Waals surface area contributed by atoms with Crippen molar-refractivity contribution in [1.29, 1.82) is 0 Å². The fourth-order valence-corrected chi connectivity index (χ4v) is 2.20. The van der Waals surface area contributed by atoms with Crippen LogP contribution in [-0.2, 0) is 11.1 Å². The van der Waals surface area contributed by atoms with Gasteiger partial charge in [0.2, 0.25) is 0 Å². The van der Waals surface area contributed by atoms with Crippen molar-refractivity contribution in [3.63, 3.8) is 0 Å². The Labute approximate surface area is 110 Å². The van der Waals surface area contributed by atoms with Gasteiger partial charge in [-0.1, -0.05) is 12.1 Å². The molecule has 1 unspecified atom stereocenters. The minimum Gasteiger partial charge on any atom is -0.768 e. The van der Waals surface area contributed by atoms with Gasteiger partial charge in [-0.2, -0.15) is 0 Å². The molecule has 1 atom stereocenters. The highest BCUT2D eigenvalue weighted by atomic mass is 32.2. The summed E-state index contributed by atoms with van der Waals surface area (Å²) in [7, 11) is 0. The topological polar surface area (TPSA) is 83.3 Å². The lowest BCUT2D eigenvalue weighted by atomic mass is 10.0. The second-order valence-electron chi connectivity index (χ2n) is 3.68. The quantitative estimate of drug-likeness (QED) is 0.491. The Balaban J connectivity index is 2.64. The summed E-state index contributed by atoms with van der Waals surface area (Å²) >= 11 is -2.55. The number of halogens is 1. The molecule has 0 fully saturated rings. The summed E-state index contributed by atoms with van der Waals surface area (Å²) in [4.78, 5) is 9.97. The van der Waals surface area contributed by atoms with Gasteiger partial charge in [0.1, 0.15) is 5.82 Å². The van der Waals surface area contributed by atoms with Crippen LogP contribution in [0.25, 0.3) is 11.1 Å². The van der Waals surface area contributed by atoms with Gasteiger partial charge in [0.15, 0.2) is 0 Å². The Morgan fingerprint density at radius 2 is 1.89 bits per heavy atom. The van der Waals surface area contributed by atoms with Crippen LogP contribution >= 0.6 is 0 Å². The molecule has 0 aliphatic carbocycles. The highest BCUT2D eigenvalue weighted by Gasteiger charge is 2.11. The lowest BCUT2D eigenvalue weighted by Gasteiger charge is -2.12. The Kier molecular flexibility index (Phi) is 3.68. The molecule has 0 N–H and O–H groups in total. The third-order valence-electron chi connectivity index (χ3n) is 2.49. The van der Waals surface area contributed by atoms with Crippen molar-refractivity contribution in [3.05, 3.63) is 58.4 Å². The summed E-state index contributed by atoms with van der Waals surface area (Å²) in [6, 6.07) is 8.54. The van der Waals surface area contributed by atoms with Crippen molar-refractivity contribution in [1.82, 2.24) is 0 Å². The zero-order valence-electron chi connectivity index (χ0n) is 9.41. The van der Waals surface area contributed by atoms with Crippen LogP contribution in [0.1, 0.15) is 0 Å². The SMILES string of the molecule is O=[N+]([O-])c1cccc(-c2cc(F)ccc2S(=O)[O-])c1. The van der Waals surface area contributed by atoms with E-state index >= 15 is 0 Å². The first kappa shape index (κ1) is 13.3. The molecule has 0 amide bonds. The molecular weight excluding hydrogens is 273 g/mol. The molecule has 0 spiro atoms. The highest BCUT2D eigenvalue weighted by Crippen LogP contribution is 2.29. The number of hydrogen-bond donors (Lipinski definition) is 0. The first-order chi connectivity index (χ1) is 8.99. The van der Waals surface area contributed by atoms with Crippen molar-refractivity contribution in [3.8, 4) is 11.1 Å². The van der Waals surface area contributed by atoms with Gasteiger partial charge in [0, 0.05) is 17.0 Å². The number of rotatable bonds is 3. The van der Waals surface area contributed by atoms with E-state index < -0.39 is 21.8 Å². The van der Waals surface area contributed by atoms with Crippen LogP contribution in [-0.4, -0.2) is 13.7 Å². The smallest absolute Gasteiger partial charge is 0.270 e. The Bertz CT molecular complexity index is 675. The molecule has 0 saturated heterocycles. The van der Waals surface area contributed by atoms with Crippen LogP contribution < -0.4 is 0 Å². The summed E-state index contributed by atoms with van der Waals surface area (Å²) in [5.74, 6) is -0.615. The summed E-state index contributed by atoms with van der Waals surface area (Å²) in [5, 5.41) is 10.7. The van der Waals surface area contributed by atoms with E-state index in [0.717, 1.165) is 18.2 Å². The first-order valence-corrected chi connectivity index (χ1v) is 6.20. The largest absolute Gasteiger partial charge is 0.768 e. The number of nitro benzene ring substituents is 1. The van der Waals surface area contributed by atoms with Crippen molar-refractivity contribution in [2.75, 3.05) is 0 Å². The van der Waals surface area contributed by atoms with E-state index in [2.05, 4.69) is 0 Å². The molecule has 19 heavy (non-hydrogen) atoms. The Morgan fingerprint density at radius 1 is 1.16 bits per heavy atom. The second kappa shape index (κ2) is 5.25. The fraction of sp³-hybridized carbons (Fsp3) is 0. The van der Waals surface area contributed by atoms with Crippen LogP contribution in [0.4, 0.5) is 10.1 Å². The average Bonchev–Trinajstić information content (AvgIpc) is 2.38. The maximum atomic E-state index is 13.2. The number of nitro groups is 1. The fourth-order valence-electron chi connectivity index (χ4n) is 1.66. The monoisotopic (exact) mass is 280 g/mol. The highest BCUT2D eigenvalue weighted by molar-refractivity contribution is 7.79. The average molecular weight is 280 g/mol. The number of benzene rings is 2. The molecule has 0 bridgehead atoms. The summed E-state index contributed by atoms with van der Waals surface area (Å²) < 4.78 is 35.4. The summed E-state index contributed by atoms with van der Waals surface area (Å²) in [5.41, 5.74) is 0.175. The van der Waals surface area contributed by atoms with Gasteiger partial charge < -0.3 is 4.55 Å². The molecule has 0 aliphatic rings. The molecule has 0 heterocycles. The molecule has 0 radical (unpaired) electrons. The predicted molar refractivity (Wildman–Crippen MR) is 65.7 cm³/mol. The van der Waals surface area contributed by atoms with E-state index in [1.807, 2.05) is 0 Å². The van der Waals surface area contributed by atoms with Crippen LogP contribution in [0.15, 0.2) is 47.4 Å². The molecule has 2 aromatic carbocycles. The lowest BCUT2D eigenvalue weighted by Crippen LogP contribution is -1.95. The van der Waals surface area contributed by atoms with Crippen molar-refractivity contribution in [2.24, 2.45) is 0 Å². The third-order valence-corrected chi connectivity index (χ3v) is 3.20. The van der Waals surface area contributed by atoms with E-state index in [4.69, 9.17) is 0 Å². The molecule has 2 aromatic rings. The second-order valence-corrected chi connectivity index (χ2v) is 4.59. The Hall–Kier alpha value is -2.12. The van der Waals surface area contributed by atoms with Gasteiger partial charge in [0.25, 0.3) is 5.69 Å². The summed E-state index contributed by atoms with van der Waals surface area (Å²) in [6.45, 7) is 0. The van der Waals surface area contributed by atoms with Gasteiger partial charge in [-0.05, 0) is 40.4 Å². The van der Waals surface area contributed by atoms with E-state index in [1.54, 1.807) is 0 Å². The predicted octanol–water partition coefficient (Wildman–Crippen LogP) is 2.64. The minimum atomic E-state index is -2.55. The van der Waals surface area contributed by atoms with Crippen molar-refractivity contribution >= 4 is 16.8 Å². The van der Waals surface area contributed by atoms with Crippen LogP contribution in [0, 0.1) is 15.9 Å². The summed E-state index contributed by atoms with van der Waals surface area (Å²) in [6.07, 6.45) is 0. The number of non-ortho nitro benzene ring substituents is 1. The van der Waals surface area contributed by atoms with Crippen molar-refractivity contribution in [2.45, 2.75) is 4.90 Å². The van der Waals surface area contributed by atoms with E-state index in [1.165, 1.54) is 24.3 Å². The van der Waals surface area contributed by atoms with Gasteiger partial charge in [-0.15, -0.1) is 0 Å².